The van der Waals surface area contributed by atoms with E-state index >= 15 is 0 Å². The van der Waals surface area contributed by atoms with E-state index in [1.165, 1.54) is 23.8 Å². The number of pyridine rings is 1. The molecule has 0 amide bonds. The highest BCUT2D eigenvalue weighted by Gasteiger charge is 2.29. The van der Waals surface area contributed by atoms with Crippen LogP contribution < -0.4 is 10.9 Å². The number of anilines is 2. The molecule has 0 bridgehead atoms. The van der Waals surface area contributed by atoms with Crippen molar-refractivity contribution in [2.45, 2.75) is 25.5 Å². The Kier molecular flexibility index (Phi) is 6.25. The second-order valence-electron chi connectivity index (χ2n) is 6.15. The molecule has 27 heavy (non-hydrogen) atoms. The molecule has 2 heterocycles. The van der Waals surface area contributed by atoms with Crippen LogP contribution in [0.25, 0.3) is 0 Å². The number of aromatic nitrogens is 1. The van der Waals surface area contributed by atoms with E-state index in [0.717, 1.165) is 0 Å². The fraction of sp³-hybridized carbons (Fsp3) is 0.389. The summed E-state index contributed by atoms with van der Waals surface area (Å²) in [5.74, 6) is -1.69. The van der Waals surface area contributed by atoms with Crippen LogP contribution in [0.5, 0.6) is 0 Å². The second kappa shape index (κ2) is 8.47. The molecule has 2 aromatic rings. The SMILES string of the molecule is COCOCC(O)c1c(Nc2ccc(Br)cc2F)c(F)c(=O)n2c1CCC2. The Hall–Kier alpha value is -1.81. The van der Waals surface area contributed by atoms with Crippen molar-refractivity contribution in [2.75, 3.05) is 25.8 Å². The van der Waals surface area contributed by atoms with E-state index in [-0.39, 0.29) is 30.3 Å². The van der Waals surface area contributed by atoms with Crippen LogP contribution in [0.1, 0.15) is 23.8 Å². The smallest absolute Gasteiger partial charge is 0.288 e. The highest BCUT2D eigenvalue weighted by atomic mass is 79.9. The van der Waals surface area contributed by atoms with Gasteiger partial charge in [-0.05, 0) is 31.0 Å². The van der Waals surface area contributed by atoms with E-state index in [1.54, 1.807) is 6.07 Å². The predicted octanol–water partition coefficient (Wildman–Crippen LogP) is 3.23. The third-order valence-electron chi connectivity index (χ3n) is 4.35. The second-order valence-corrected chi connectivity index (χ2v) is 7.07. The molecule has 3 rings (SSSR count). The average molecular weight is 445 g/mol. The highest BCUT2D eigenvalue weighted by Crippen LogP contribution is 2.34. The van der Waals surface area contributed by atoms with Gasteiger partial charge in [0.2, 0.25) is 5.82 Å². The third kappa shape index (κ3) is 4.06. The summed E-state index contributed by atoms with van der Waals surface area (Å²) < 4.78 is 40.9. The molecule has 6 nitrogen and oxygen atoms in total. The molecule has 0 aliphatic carbocycles. The predicted molar refractivity (Wildman–Crippen MR) is 99.2 cm³/mol. The first-order valence-corrected chi connectivity index (χ1v) is 9.15. The summed E-state index contributed by atoms with van der Waals surface area (Å²) in [4.78, 5) is 12.4. The Morgan fingerprint density at radius 3 is 2.89 bits per heavy atom. The summed E-state index contributed by atoms with van der Waals surface area (Å²) in [6.07, 6.45) is -0.0526. The van der Waals surface area contributed by atoms with Crippen molar-refractivity contribution < 1.29 is 23.4 Å². The minimum Gasteiger partial charge on any atom is -0.386 e. The summed E-state index contributed by atoms with van der Waals surface area (Å²) in [5.41, 5.74) is -0.317. The number of rotatable bonds is 7. The molecule has 0 saturated heterocycles. The summed E-state index contributed by atoms with van der Waals surface area (Å²) in [5, 5.41) is 13.2. The lowest BCUT2D eigenvalue weighted by Gasteiger charge is -2.22. The zero-order valence-electron chi connectivity index (χ0n) is 14.6. The van der Waals surface area contributed by atoms with E-state index in [0.29, 0.717) is 29.6 Å². The minimum absolute atomic E-state index is 0.00860. The zero-order valence-corrected chi connectivity index (χ0v) is 16.2. The Bertz CT molecular complexity index is 904. The van der Waals surface area contributed by atoms with Gasteiger partial charge < -0.3 is 24.5 Å². The number of aliphatic hydroxyl groups excluding tert-OH is 1. The molecule has 1 unspecified atom stereocenters. The fourth-order valence-corrected chi connectivity index (χ4v) is 3.53. The van der Waals surface area contributed by atoms with Gasteiger partial charge in [-0.3, -0.25) is 4.79 Å². The number of nitrogens with one attached hydrogen (secondary N) is 1. The minimum atomic E-state index is -1.21. The first-order chi connectivity index (χ1) is 12.9. The van der Waals surface area contributed by atoms with Crippen molar-refractivity contribution in [2.24, 2.45) is 0 Å². The lowest BCUT2D eigenvalue weighted by Crippen LogP contribution is -2.28. The zero-order chi connectivity index (χ0) is 19.6. The average Bonchev–Trinajstić information content (AvgIpc) is 3.11. The lowest BCUT2D eigenvalue weighted by atomic mass is 10.0. The van der Waals surface area contributed by atoms with Gasteiger partial charge in [0, 0.05) is 29.4 Å². The Balaban J connectivity index is 2.08. The van der Waals surface area contributed by atoms with E-state index in [9.17, 15) is 18.7 Å². The number of nitrogens with zero attached hydrogens (tertiary/aromatic N) is 1. The number of hydrogen-bond acceptors (Lipinski definition) is 5. The molecular weight excluding hydrogens is 426 g/mol. The monoisotopic (exact) mass is 444 g/mol. The van der Waals surface area contributed by atoms with E-state index in [4.69, 9.17) is 9.47 Å². The third-order valence-corrected chi connectivity index (χ3v) is 4.85. The van der Waals surface area contributed by atoms with E-state index in [1.807, 2.05) is 0 Å². The fourth-order valence-electron chi connectivity index (χ4n) is 3.20. The van der Waals surface area contributed by atoms with Gasteiger partial charge in [0.25, 0.3) is 5.56 Å². The quantitative estimate of drug-likeness (QED) is 0.506. The molecule has 0 fully saturated rings. The molecule has 1 aromatic heterocycles. The molecule has 0 radical (unpaired) electrons. The van der Waals surface area contributed by atoms with Gasteiger partial charge in [-0.15, -0.1) is 0 Å². The van der Waals surface area contributed by atoms with Crippen molar-refractivity contribution in [3.8, 4) is 0 Å². The normalized spacial score (nSPS) is 14.3. The number of methoxy groups -OCH3 is 1. The summed E-state index contributed by atoms with van der Waals surface area (Å²) in [7, 11) is 1.44. The van der Waals surface area contributed by atoms with Gasteiger partial charge in [-0.1, -0.05) is 15.9 Å². The van der Waals surface area contributed by atoms with Crippen LogP contribution in [0.4, 0.5) is 20.2 Å². The maximum absolute atomic E-state index is 14.9. The molecule has 9 heteroatoms. The van der Waals surface area contributed by atoms with Crippen LogP contribution >= 0.6 is 15.9 Å². The molecule has 0 spiro atoms. The first kappa shape index (κ1) is 19.9. The van der Waals surface area contributed by atoms with E-state index in [2.05, 4.69) is 21.2 Å². The van der Waals surface area contributed by atoms with Gasteiger partial charge in [0.15, 0.2) is 0 Å². The number of ether oxygens (including phenoxy) is 2. The first-order valence-electron chi connectivity index (χ1n) is 8.36. The summed E-state index contributed by atoms with van der Waals surface area (Å²) in [6, 6.07) is 4.22. The number of benzene rings is 1. The number of fused-ring (bicyclic) bond motifs is 1. The number of halogens is 3. The number of aliphatic hydroxyl groups is 1. The van der Waals surface area contributed by atoms with Crippen LogP contribution in [0.3, 0.4) is 0 Å². The van der Waals surface area contributed by atoms with Crippen molar-refractivity contribution in [1.29, 1.82) is 0 Å². The molecule has 146 valence electrons. The standard InChI is InChI=1S/C18H19BrF2N2O4/c1-26-9-27-8-14(24)15-13-3-2-6-23(13)18(25)16(21)17(15)22-12-5-4-10(19)7-11(12)20/h4-5,7,14,22,24H,2-3,6,8-9H2,1H3. The Labute approximate surface area is 162 Å². The Morgan fingerprint density at radius 2 is 2.19 bits per heavy atom. The molecule has 1 aliphatic heterocycles. The Morgan fingerprint density at radius 1 is 1.41 bits per heavy atom. The topological polar surface area (TPSA) is 72.7 Å². The van der Waals surface area contributed by atoms with Crippen molar-refractivity contribution in [3.63, 3.8) is 0 Å². The van der Waals surface area contributed by atoms with Crippen LogP contribution in [-0.2, 0) is 22.4 Å². The molecule has 0 saturated carbocycles. The molecule has 2 N–H and O–H groups in total. The van der Waals surface area contributed by atoms with Gasteiger partial charge in [0.05, 0.1) is 18.0 Å². The molecule has 1 aromatic carbocycles. The summed E-state index contributed by atoms with van der Waals surface area (Å²) >= 11 is 3.16. The van der Waals surface area contributed by atoms with Crippen LogP contribution in [0, 0.1) is 11.6 Å². The van der Waals surface area contributed by atoms with Crippen molar-refractivity contribution >= 4 is 27.3 Å². The van der Waals surface area contributed by atoms with Gasteiger partial charge in [-0.25, -0.2) is 4.39 Å². The largest absolute Gasteiger partial charge is 0.386 e. The van der Waals surface area contributed by atoms with E-state index < -0.39 is 23.3 Å². The van der Waals surface area contributed by atoms with Crippen LogP contribution in [-0.4, -0.2) is 30.2 Å². The highest BCUT2D eigenvalue weighted by molar-refractivity contribution is 9.10. The maximum atomic E-state index is 14.9. The number of hydrogen-bond donors (Lipinski definition) is 2. The lowest BCUT2D eigenvalue weighted by molar-refractivity contribution is -0.0623. The van der Waals surface area contributed by atoms with Crippen LogP contribution in [0.2, 0.25) is 0 Å². The summed E-state index contributed by atoms with van der Waals surface area (Å²) in [6.45, 7) is 0.172. The molecule has 1 aliphatic rings. The van der Waals surface area contributed by atoms with Gasteiger partial charge >= 0.3 is 0 Å². The van der Waals surface area contributed by atoms with Crippen molar-refractivity contribution in [1.82, 2.24) is 4.57 Å². The van der Waals surface area contributed by atoms with Gasteiger partial charge in [0.1, 0.15) is 18.7 Å². The van der Waals surface area contributed by atoms with Crippen LogP contribution in [0.15, 0.2) is 27.5 Å². The molecular formula is C18H19BrF2N2O4. The van der Waals surface area contributed by atoms with Crippen molar-refractivity contribution in [3.05, 3.63) is 55.9 Å². The molecule has 1 atom stereocenters. The van der Waals surface area contributed by atoms with Gasteiger partial charge in [-0.2, -0.15) is 4.39 Å². The maximum Gasteiger partial charge on any atom is 0.288 e.